The van der Waals surface area contributed by atoms with Crippen LogP contribution in [0.15, 0.2) is 18.2 Å². The second-order valence-corrected chi connectivity index (χ2v) is 6.80. The third kappa shape index (κ3) is 5.63. The molecule has 0 aliphatic rings. The number of benzene rings is 1. The normalized spacial score (nSPS) is 12.9. The van der Waals surface area contributed by atoms with Crippen molar-refractivity contribution in [3.63, 3.8) is 0 Å². The van der Waals surface area contributed by atoms with Crippen LogP contribution >= 0.6 is 0 Å². The third-order valence-corrected chi connectivity index (χ3v) is 3.09. The number of nitrogens with one attached hydrogen (secondary N) is 1. The van der Waals surface area contributed by atoms with E-state index in [9.17, 15) is 9.90 Å². The summed E-state index contributed by atoms with van der Waals surface area (Å²) in [5, 5.41) is 12.7. The van der Waals surface area contributed by atoms with Gasteiger partial charge in [0.05, 0.1) is 11.7 Å². The molecule has 0 aromatic heterocycles. The van der Waals surface area contributed by atoms with Gasteiger partial charge in [-0.15, -0.1) is 0 Å². The molecule has 1 unspecified atom stereocenters. The van der Waals surface area contributed by atoms with Gasteiger partial charge in [-0.2, -0.15) is 0 Å². The molecule has 0 heterocycles. The lowest BCUT2D eigenvalue weighted by Crippen LogP contribution is -2.34. The van der Waals surface area contributed by atoms with Gasteiger partial charge >= 0.3 is 0 Å². The molecule has 0 aliphatic heterocycles. The van der Waals surface area contributed by atoms with Crippen molar-refractivity contribution in [2.24, 2.45) is 5.41 Å². The minimum atomic E-state index is -0.558. The summed E-state index contributed by atoms with van der Waals surface area (Å²) in [5.74, 6) is -0.223. The van der Waals surface area contributed by atoms with Gasteiger partial charge in [-0.05, 0) is 30.0 Å². The van der Waals surface area contributed by atoms with Crippen LogP contribution < -0.4 is 16.0 Å². The van der Waals surface area contributed by atoms with Crippen molar-refractivity contribution in [1.82, 2.24) is 5.32 Å². The van der Waals surface area contributed by atoms with E-state index in [0.717, 1.165) is 5.69 Å². The standard InChI is InChI=1S/C16H27N3O2/c1-16(2,3)9-12(20)10-18-15(21)13-8-11(17)6-7-14(13)19(4)5/h6-8,12,20H,9-10,17H2,1-5H3,(H,18,21). The fourth-order valence-corrected chi connectivity index (χ4v) is 2.21. The molecule has 1 atom stereocenters. The molecule has 0 saturated heterocycles. The summed E-state index contributed by atoms with van der Waals surface area (Å²) >= 11 is 0. The molecule has 1 aromatic carbocycles. The first kappa shape index (κ1) is 17.3. The monoisotopic (exact) mass is 293 g/mol. The number of carbonyl (C=O) groups excluding carboxylic acids is 1. The zero-order chi connectivity index (χ0) is 16.2. The predicted molar refractivity (Wildman–Crippen MR) is 87.6 cm³/mol. The van der Waals surface area contributed by atoms with Gasteiger partial charge in [0.15, 0.2) is 0 Å². The van der Waals surface area contributed by atoms with E-state index in [-0.39, 0.29) is 17.9 Å². The number of aliphatic hydroxyl groups excluding tert-OH is 1. The Bertz CT molecular complexity index is 493. The van der Waals surface area contributed by atoms with Crippen LogP contribution in [-0.2, 0) is 0 Å². The number of anilines is 2. The SMILES string of the molecule is CN(C)c1ccc(N)cc1C(=O)NCC(O)CC(C)(C)C. The number of rotatable bonds is 5. The number of hydrogen-bond acceptors (Lipinski definition) is 4. The fraction of sp³-hybridized carbons (Fsp3) is 0.562. The van der Waals surface area contributed by atoms with Gasteiger partial charge in [-0.25, -0.2) is 0 Å². The summed E-state index contributed by atoms with van der Waals surface area (Å²) in [7, 11) is 3.74. The average molecular weight is 293 g/mol. The number of amides is 1. The number of hydrogen-bond donors (Lipinski definition) is 3. The topological polar surface area (TPSA) is 78.6 Å². The molecular formula is C16H27N3O2. The number of nitrogens with zero attached hydrogens (tertiary/aromatic N) is 1. The van der Waals surface area contributed by atoms with Crippen LogP contribution in [0.2, 0.25) is 0 Å². The van der Waals surface area contributed by atoms with E-state index < -0.39 is 6.10 Å². The van der Waals surface area contributed by atoms with Crippen molar-refractivity contribution < 1.29 is 9.90 Å². The van der Waals surface area contributed by atoms with E-state index in [2.05, 4.69) is 26.1 Å². The fourth-order valence-electron chi connectivity index (χ4n) is 2.21. The lowest BCUT2D eigenvalue weighted by molar-refractivity contribution is 0.0869. The number of nitrogen functional groups attached to an aromatic ring is 1. The lowest BCUT2D eigenvalue weighted by atomic mass is 9.89. The molecule has 0 aliphatic carbocycles. The van der Waals surface area contributed by atoms with E-state index in [1.807, 2.05) is 25.1 Å². The minimum Gasteiger partial charge on any atom is -0.399 e. The molecule has 5 heteroatoms. The molecule has 0 saturated carbocycles. The highest BCUT2D eigenvalue weighted by Crippen LogP contribution is 2.22. The quantitative estimate of drug-likeness (QED) is 0.724. The predicted octanol–water partition coefficient (Wildman–Crippen LogP) is 1.86. The molecule has 0 bridgehead atoms. The van der Waals surface area contributed by atoms with E-state index in [1.165, 1.54) is 0 Å². The van der Waals surface area contributed by atoms with Gasteiger partial charge in [0.2, 0.25) is 0 Å². The smallest absolute Gasteiger partial charge is 0.253 e. The van der Waals surface area contributed by atoms with Crippen LogP contribution in [0.1, 0.15) is 37.6 Å². The van der Waals surface area contributed by atoms with Gasteiger partial charge in [0.1, 0.15) is 0 Å². The Hall–Kier alpha value is -1.75. The summed E-state index contributed by atoms with van der Waals surface area (Å²) in [6, 6.07) is 5.23. The highest BCUT2D eigenvalue weighted by atomic mass is 16.3. The van der Waals surface area contributed by atoms with Gasteiger partial charge in [-0.1, -0.05) is 20.8 Å². The van der Waals surface area contributed by atoms with E-state index in [4.69, 9.17) is 5.73 Å². The van der Waals surface area contributed by atoms with Crippen LogP contribution in [0.5, 0.6) is 0 Å². The summed E-state index contributed by atoms with van der Waals surface area (Å²) in [5.41, 5.74) is 7.64. The van der Waals surface area contributed by atoms with Crippen LogP contribution in [0.3, 0.4) is 0 Å². The summed E-state index contributed by atoms with van der Waals surface area (Å²) in [4.78, 5) is 14.1. The number of carbonyl (C=O) groups is 1. The molecule has 1 aromatic rings. The van der Waals surface area contributed by atoms with Crippen molar-refractivity contribution in [3.8, 4) is 0 Å². The molecule has 4 N–H and O–H groups in total. The second kappa shape index (κ2) is 6.80. The van der Waals surface area contributed by atoms with E-state index in [0.29, 0.717) is 17.7 Å². The highest BCUT2D eigenvalue weighted by Gasteiger charge is 2.19. The van der Waals surface area contributed by atoms with E-state index in [1.54, 1.807) is 12.1 Å². The average Bonchev–Trinajstić information content (AvgIpc) is 2.33. The maximum atomic E-state index is 12.3. The minimum absolute atomic E-state index is 0.0239. The first-order chi connectivity index (χ1) is 9.60. The Balaban J connectivity index is 2.74. The van der Waals surface area contributed by atoms with Gasteiger partial charge < -0.3 is 21.1 Å². The van der Waals surface area contributed by atoms with Crippen molar-refractivity contribution in [2.75, 3.05) is 31.3 Å². The van der Waals surface area contributed by atoms with Crippen LogP contribution in [0, 0.1) is 5.41 Å². The molecule has 0 fully saturated rings. The summed E-state index contributed by atoms with van der Waals surface area (Å²) < 4.78 is 0. The number of aliphatic hydroxyl groups is 1. The van der Waals surface area contributed by atoms with Crippen molar-refractivity contribution in [1.29, 1.82) is 0 Å². The zero-order valence-corrected chi connectivity index (χ0v) is 13.6. The Labute approximate surface area is 127 Å². The highest BCUT2D eigenvalue weighted by molar-refractivity contribution is 6.00. The maximum Gasteiger partial charge on any atom is 0.253 e. The first-order valence-electron chi connectivity index (χ1n) is 7.13. The first-order valence-corrected chi connectivity index (χ1v) is 7.13. The molecular weight excluding hydrogens is 266 g/mol. The van der Waals surface area contributed by atoms with Crippen LogP contribution in [0.4, 0.5) is 11.4 Å². The summed E-state index contributed by atoms with van der Waals surface area (Å²) in [6.07, 6.45) is 0.0721. The largest absolute Gasteiger partial charge is 0.399 e. The lowest BCUT2D eigenvalue weighted by Gasteiger charge is -2.23. The van der Waals surface area contributed by atoms with E-state index >= 15 is 0 Å². The Morgan fingerprint density at radius 2 is 2.00 bits per heavy atom. The Morgan fingerprint density at radius 1 is 1.38 bits per heavy atom. The Morgan fingerprint density at radius 3 is 2.52 bits per heavy atom. The molecule has 0 radical (unpaired) electrons. The van der Waals surface area contributed by atoms with Crippen molar-refractivity contribution in [3.05, 3.63) is 23.8 Å². The van der Waals surface area contributed by atoms with Gasteiger partial charge in [-0.3, -0.25) is 4.79 Å². The molecule has 1 rings (SSSR count). The molecule has 5 nitrogen and oxygen atoms in total. The molecule has 0 spiro atoms. The zero-order valence-electron chi connectivity index (χ0n) is 13.6. The summed E-state index contributed by atoms with van der Waals surface area (Å²) in [6.45, 7) is 6.40. The van der Waals surface area contributed by atoms with Crippen LogP contribution in [-0.4, -0.2) is 37.8 Å². The van der Waals surface area contributed by atoms with Gasteiger partial charge in [0, 0.05) is 32.0 Å². The second-order valence-electron chi connectivity index (χ2n) is 6.80. The van der Waals surface area contributed by atoms with Crippen molar-refractivity contribution >= 4 is 17.3 Å². The number of nitrogens with two attached hydrogens (primary N) is 1. The third-order valence-electron chi connectivity index (χ3n) is 3.09. The maximum absolute atomic E-state index is 12.3. The molecule has 118 valence electrons. The molecule has 21 heavy (non-hydrogen) atoms. The van der Waals surface area contributed by atoms with Crippen molar-refractivity contribution in [2.45, 2.75) is 33.3 Å². The molecule has 1 amide bonds. The Kier molecular flexibility index (Phi) is 5.61. The van der Waals surface area contributed by atoms with Gasteiger partial charge in [0.25, 0.3) is 5.91 Å². The van der Waals surface area contributed by atoms with Crippen LogP contribution in [0.25, 0.3) is 0 Å².